The van der Waals surface area contributed by atoms with Crippen molar-refractivity contribution in [3.8, 4) is 45.8 Å². The molecule has 76 heavy (non-hydrogen) atoms. The summed E-state index contributed by atoms with van der Waals surface area (Å²) < 4.78 is 17.1. The summed E-state index contributed by atoms with van der Waals surface area (Å²) in [7, 11) is 0. The average Bonchev–Trinajstić information content (AvgIpc) is 4.32. The Kier molecular flexibility index (Phi) is 8.10. The molecule has 8 heteroatoms. The molecule has 0 saturated heterocycles. The summed E-state index contributed by atoms with van der Waals surface area (Å²) in [5, 5.41) is 33.0. The van der Waals surface area contributed by atoms with Crippen LogP contribution in [-0.4, -0.2) is 15.8 Å². The zero-order valence-electron chi connectivity index (χ0n) is 40.4. The van der Waals surface area contributed by atoms with Gasteiger partial charge in [0.15, 0.2) is 0 Å². The van der Waals surface area contributed by atoms with Crippen LogP contribution >= 0.6 is 0 Å². The zero-order chi connectivity index (χ0) is 49.9. The molecular formula is C68H36BN5O2. The zero-order valence-corrected chi connectivity index (χ0v) is 40.4. The van der Waals surface area contributed by atoms with Crippen LogP contribution in [0.1, 0.15) is 11.1 Å². The van der Waals surface area contributed by atoms with Gasteiger partial charge in [-0.2, -0.15) is 10.5 Å². The van der Waals surface area contributed by atoms with E-state index in [0.29, 0.717) is 16.8 Å². The molecule has 0 aliphatic carbocycles. The Morgan fingerprint density at radius 2 is 0.763 bits per heavy atom. The van der Waals surface area contributed by atoms with Crippen LogP contribution in [0.3, 0.4) is 0 Å². The lowest BCUT2D eigenvalue weighted by Crippen LogP contribution is -2.60. The van der Waals surface area contributed by atoms with Gasteiger partial charge in [0.1, 0.15) is 45.6 Å². The molecule has 0 amide bonds. The third-order valence-corrected chi connectivity index (χ3v) is 16.4. The number of anilines is 3. The van der Waals surface area contributed by atoms with Gasteiger partial charge in [-0.1, -0.05) is 146 Å². The summed E-state index contributed by atoms with van der Waals surface area (Å²) in [6, 6.07) is 81.9. The van der Waals surface area contributed by atoms with E-state index in [1.165, 1.54) is 0 Å². The van der Waals surface area contributed by atoms with Crippen molar-refractivity contribution in [3.05, 3.63) is 230 Å². The fourth-order valence-corrected chi connectivity index (χ4v) is 13.2. The molecule has 11 aromatic carbocycles. The molecule has 17 rings (SSSR count). The van der Waals surface area contributed by atoms with Gasteiger partial charge in [0.05, 0.1) is 28.1 Å². The van der Waals surface area contributed by atoms with Crippen molar-refractivity contribution >= 4 is 128 Å². The van der Waals surface area contributed by atoms with Gasteiger partial charge < -0.3 is 22.9 Å². The van der Waals surface area contributed by atoms with Crippen LogP contribution in [0.15, 0.2) is 227 Å². The lowest BCUT2D eigenvalue weighted by Gasteiger charge is -2.37. The Morgan fingerprint density at radius 1 is 0.368 bits per heavy atom. The Hall–Kier alpha value is -10.5. The highest BCUT2D eigenvalue weighted by atomic mass is 16.3. The lowest BCUT2D eigenvalue weighted by atomic mass is 9.34. The van der Waals surface area contributed by atoms with E-state index < -0.39 is 0 Å². The van der Waals surface area contributed by atoms with E-state index in [1.54, 1.807) is 0 Å². The first kappa shape index (κ1) is 41.0. The Labute approximate surface area is 434 Å². The maximum atomic E-state index is 12.1. The molecule has 0 spiro atoms. The monoisotopic (exact) mass is 965 g/mol. The van der Waals surface area contributed by atoms with Crippen molar-refractivity contribution in [2.75, 3.05) is 4.90 Å². The van der Waals surface area contributed by atoms with Crippen LogP contribution in [0.4, 0.5) is 17.1 Å². The minimum absolute atomic E-state index is 0.263. The smallest absolute Gasteiger partial charge is 0.252 e. The molecule has 2 aliphatic rings. The number of hydrogen-bond donors (Lipinski definition) is 0. The van der Waals surface area contributed by atoms with Gasteiger partial charge in [-0.3, -0.25) is 0 Å². The van der Waals surface area contributed by atoms with Crippen LogP contribution < -0.4 is 21.3 Å². The molecule has 0 saturated carbocycles. The van der Waals surface area contributed by atoms with Gasteiger partial charge in [0.2, 0.25) is 0 Å². The highest BCUT2D eigenvalue weighted by molar-refractivity contribution is 7.00. The minimum atomic E-state index is -0.263. The number of fused-ring (bicyclic) bond motifs is 16. The normalized spacial score (nSPS) is 12.4. The molecule has 0 radical (unpaired) electrons. The summed E-state index contributed by atoms with van der Waals surface area (Å²) in [5.74, 6) is 0. The minimum Gasteiger partial charge on any atom is -0.456 e. The molecule has 7 nitrogen and oxygen atoms in total. The molecule has 0 N–H and O–H groups in total. The van der Waals surface area contributed by atoms with Crippen molar-refractivity contribution in [1.82, 2.24) is 9.13 Å². The van der Waals surface area contributed by atoms with Crippen LogP contribution in [0.2, 0.25) is 0 Å². The standard InChI is InChI=1S/C68H36BN5O2/c70-37-53-64(54(38-71)68-63-67(53)73-57-19-5-1-11-45(57)49-15-9-17-55(65(49)73)69(63)56-18-10-16-50-46-12-2-6-20-58(46)74(68)66(50)56)72(43-29-23-39(24-30-43)41-27-33-61-51(35-41)47-13-3-7-21-59(47)75-61)44-31-25-40(26-32-44)42-28-34-62-52(36-42)48-14-4-8-22-60(48)76-62/h1-36H. The molecular weight excluding hydrogens is 930 g/mol. The van der Waals surface area contributed by atoms with E-state index in [1.807, 2.05) is 48.5 Å². The highest BCUT2D eigenvalue weighted by Gasteiger charge is 2.45. The topological polar surface area (TPSA) is 87.0 Å². The largest absolute Gasteiger partial charge is 0.456 e. The fraction of sp³-hybridized carbons (Fsp3) is 0. The molecule has 0 bridgehead atoms. The third-order valence-electron chi connectivity index (χ3n) is 16.4. The summed E-state index contributed by atoms with van der Waals surface area (Å²) >= 11 is 0. The first-order valence-electron chi connectivity index (χ1n) is 25.6. The predicted octanol–water partition coefficient (Wildman–Crippen LogP) is 15.4. The van der Waals surface area contributed by atoms with Crippen LogP contribution in [0.5, 0.6) is 0 Å². The maximum Gasteiger partial charge on any atom is 0.252 e. The molecule has 0 unspecified atom stereocenters. The van der Waals surface area contributed by atoms with E-state index >= 15 is 0 Å². The second-order valence-corrected chi connectivity index (χ2v) is 20.1. The SMILES string of the molecule is N#Cc1c(N(c2ccc(-c3ccc4oc5ccccc5c4c3)cc2)c2ccc(-c3ccc4oc5ccccc5c4c3)cc2)c(C#N)c2c3c1-n1c4ccccc4c4cccc(c41)B3c1cccc3c4ccccc4n-2c13. The van der Waals surface area contributed by atoms with Crippen molar-refractivity contribution in [2.45, 2.75) is 0 Å². The summed E-state index contributed by atoms with van der Waals surface area (Å²) in [4.78, 5) is 2.14. The number of rotatable bonds is 5. The average molecular weight is 966 g/mol. The first-order chi connectivity index (χ1) is 37.6. The first-order valence-corrected chi connectivity index (χ1v) is 25.6. The molecule has 2 aliphatic heterocycles. The van der Waals surface area contributed by atoms with Gasteiger partial charge in [-0.25, -0.2) is 0 Å². The maximum absolute atomic E-state index is 12.1. The molecule has 348 valence electrons. The second kappa shape index (κ2) is 15.0. The van der Waals surface area contributed by atoms with Crippen molar-refractivity contribution < 1.29 is 8.83 Å². The Bertz CT molecular complexity index is 4840. The molecule has 4 aromatic heterocycles. The third kappa shape index (κ3) is 5.33. The summed E-state index contributed by atoms with van der Waals surface area (Å²) in [6.45, 7) is -0.263. The lowest BCUT2D eigenvalue weighted by molar-refractivity contribution is 0.668. The Balaban J connectivity index is 0.958. The number of furan rings is 2. The number of nitriles is 2. The molecule has 6 heterocycles. The number of hydrogen-bond acceptors (Lipinski definition) is 5. The number of para-hydroxylation sites is 6. The highest BCUT2D eigenvalue weighted by Crippen LogP contribution is 2.48. The van der Waals surface area contributed by atoms with Crippen molar-refractivity contribution in [3.63, 3.8) is 0 Å². The molecule has 0 fully saturated rings. The number of aromatic nitrogens is 2. The van der Waals surface area contributed by atoms with Gasteiger partial charge >= 0.3 is 0 Å². The summed E-state index contributed by atoms with van der Waals surface area (Å²) in [5.41, 5.74) is 19.5. The van der Waals surface area contributed by atoms with E-state index in [-0.39, 0.29) is 6.71 Å². The predicted molar refractivity (Wildman–Crippen MR) is 309 cm³/mol. The fourth-order valence-electron chi connectivity index (χ4n) is 13.2. The number of nitrogens with zero attached hydrogens (tertiary/aromatic N) is 5. The molecule has 15 aromatic rings. The van der Waals surface area contributed by atoms with E-state index in [4.69, 9.17) is 8.83 Å². The van der Waals surface area contributed by atoms with E-state index in [0.717, 1.165) is 149 Å². The van der Waals surface area contributed by atoms with Crippen LogP contribution in [0, 0.1) is 22.7 Å². The molecule has 0 atom stereocenters. The van der Waals surface area contributed by atoms with E-state index in [2.05, 4.69) is 196 Å². The van der Waals surface area contributed by atoms with Gasteiger partial charge in [0.25, 0.3) is 6.71 Å². The summed E-state index contributed by atoms with van der Waals surface area (Å²) in [6.07, 6.45) is 0. The van der Waals surface area contributed by atoms with Crippen molar-refractivity contribution in [1.29, 1.82) is 10.5 Å². The van der Waals surface area contributed by atoms with E-state index in [9.17, 15) is 10.5 Å². The second-order valence-electron chi connectivity index (χ2n) is 20.1. The number of benzene rings is 11. The van der Waals surface area contributed by atoms with Crippen LogP contribution in [0.25, 0.3) is 121 Å². The van der Waals surface area contributed by atoms with Gasteiger partial charge in [-0.15, -0.1) is 0 Å². The Morgan fingerprint density at radius 3 is 1.22 bits per heavy atom. The van der Waals surface area contributed by atoms with Crippen molar-refractivity contribution in [2.24, 2.45) is 0 Å². The van der Waals surface area contributed by atoms with Gasteiger partial charge in [-0.05, 0) is 111 Å². The van der Waals surface area contributed by atoms with Crippen LogP contribution in [-0.2, 0) is 0 Å². The quantitative estimate of drug-likeness (QED) is 0.160. The van der Waals surface area contributed by atoms with Gasteiger partial charge in [0, 0.05) is 65.5 Å².